The third kappa shape index (κ3) is 1.93. The third-order valence-corrected chi connectivity index (χ3v) is 3.12. The maximum absolute atomic E-state index is 13.7. The van der Waals surface area contributed by atoms with Gasteiger partial charge in [-0.3, -0.25) is 0 Å². The van der Waals surface area contributed by atoms with Crippen LogP contribution in [0.4, 0.5) is 8.78 Å². The number of benzene rings is 1. The molecule has 2 rings (SSSR count). The lowest BCUT2D eigenvalue weighted by atomic mass is 9.86. The van der Waals surface area contributed by atoms with Gasteiger partial charge < -0.3 is 9.84 Å². The Morgan fingerprint density at radius 1 is 1.25 bits per heavy atom. The van der Waals surface area contributed by atoms with Gasteiger partial charge in [0.2, 0.25) is 0 Å². The maximum atomic E-state index is 13.7. The van der Waals surface area contributed by atoms with Crippen LogP contribution in [0.1, 0.15) is 18.4 Å². The minimum absolute atomic E-state index is 0.168. The molecule has 5 heteroatoms. The summed E-state index contributed by atoms with van der Waals surface area (Å²) in [7, 11) is 0. The Labute approximate surface area is 96.8 Å². The summed E-state index contributed by atoms with van der Waals surface area (Å²) in [5.41, 5.74) is -1.86. The van der Waals surface area contributed by atoms with Crippen molar-refractivity contribution in [2.45, 2.75) is 18.4 Å². The first kappa shape index (κ1) is 11.8. The molecule has 1 aromatic carbocycles. The van der Waals surface area contributed by atoms with Gasteiger partial charge in [-0.15, -0.1) is 0 Å². The minimum atomic E-state index is -1.52. The Morgan fingerprint density at radius 2 is 1.88 bits per heavy atom. The van der Waals surface area contributed by atoms with E-state index in [0.29, 0.717) is 0 Å². The van der Waals surface area contributed by atoms with Gasteiger partial charge in [-0.2, -0.15) is 0 Å². The average molecular weight is 249 g/mol. The fraction of sp³-hybridized carbons (Fsp3) is 0.455. The third-order valence-electron chi connectivity index (χ3n) is 2.83. The summed E-state index contributed by atoms with van der Waals surface area (Å²) in [6.45, 7) is 0.559. The Morgan fingerprint density at radius 3 is 2.50 bits per heavy atom. The van der Waals surface area contributed by atoms with Crippen LogP contribution in [0.25, 0.3) is 0 Å². The minimum Gasteiger partial charge on any atom is -0.385 e. The standard InChI is InChI=1S/C11H11ClF2O2/c12-7-1-2-8(13)9(10(7)14)11(15)3-5-16-6-4-11/h1-2,15H,3-6H2. The van der Waals surface area contributed by atoms with E-state index in [2.05, 4.69) is 0 Å². The van der Waals surface area contributed by atoms with Crippen LogP contribution in [-0.4, -0.2) is 18.3 Å². The molecule has 1 aromatic rings. The van der Waals surface area contributed by atoms with Gasteiger partial charge in [0.15, 0.2) is 5.82 Å². The van der Waals surface area contributed by atoms with Gasteiger partial charge in [0.05, 0.1) is 16.2 Å². The highest BCUT2D eigenvalue weighted by Gasteiger charge is 2.37. The van der Waals surface area contributed by atoms with E-state index in [1.54, 1.807) is 0 Å². The van der Waals surface area contributed by atoms with Crippen LogP contribution in [0, 0.1) is 11.6 Å². The second-order valence-corrected chi connectivity index (χ2v) is 4.27. The van der Waals surface area contributed by atoms with Gasteiger partial charge in [-0.05, 0) is 12.1 Å². The zero-order chi connectivity index (χ0) is 11.8. The van der Waals surface area contributed by atoms with Gasteiger partial charge in [0.25, 0.3) is 0 Å². The van der Waals surface area contributed by atoms with Gasteiger partial charge in [0, 0.05) is 26.1 Å². The normalized spacial score (nSPS) is 19.8. The summed E-state index contributed by atoms with van der Waals surface area (Å²) in [4.78, 5) is 0. The largest absolute Gasteiger partial charge is 0.385 e. The second kappa shape index (κ2) is 4.28. The van der Waals surface area contributed by atoms with Crippen molar-refractivity contribution in [2.24, 2.45) is 0 Å². The smallest absolute Gasteiger partial charge is 0.150 e. The number of hydrogen-bond acceptors (Lipinski definition) is 2. The molecule has 0 amide bonds. The van der Waals surface area contributed by atoms with Crippen LogP contribution in [0.5, 0.6) is 0 Å². The molecule has 1 N–H and O–H groups in total. The van der Waals surface area contributed by atoms with E-state index in [-0.39, 0.29) is 36.6 Å². The van der Waals surface area contributed by atoms with E-state index in [9.17, 15) is 13.9 Å². The molecule has 0 bridgehead atoms. The Hall–Kier alpha value is -0.710. The van der Waals surface area contributed by atoms with Gasteiger partial charge >= 0.3 is 0 Å². The lowest BCUT2D eigenvalue weighted by Gasteiger charge is -2.33. The molecule has 16 heavy (non-hydrogen) atoms. The number of hydrogen-bond donors (Lipinski definition) is 1. The highest BCUT2D eigenvalue weighted by molar-refractivity contribution is 6.30. The molecule has 0 aromatic heterocycles. The predicted octanol–water partition coefficient (Wildman–Crippen LogP) is 2.62. The van der Waals surface area contributed by atoms with E-state index in [1.807, 2.05) is 0 Å². The van der Waals surface area contributed by atoms with Crippen LogP contribution >= 0.6 is 11.6 Å². The quantitative estimate of drug-likeness (QED) is 0.774. The summed E-state index contributed by atoms with van der Waals surface area (Å²) < 4.78 is 32.3. The predicted molar refractivity (Wildman–Crippen MR) is 55.3 cm³/mol. The summed E-state index contributed by atoms with van der Waals surface area (Å²) >= 11 is 5.58. The molecule has 2 nitrogen and oxygen atoms in total. The molecule has 88 valence electrons. The fourth-order valence-corrected chi connectivity index (χ4v) is 2.07. The monoisotopic (exact) mass is 248 g/mol. The van der Waals surface area contributed by atoms with Crippen molar-refractivity contribution in [3.63, 3.8) is 0 Å². The lowest BCUT2D eigenvalue weighted by Crippen LogP contribution is -2.35. The van der Waals surface area contributed by atoms with E-state index >= 15 is 0 Å². The van der Waals surface area contributed by atoms with Crippen LogP contribution in [0.15, 0.2) is 12.1 Å². The van der Waals surface area contributed by atoms with E-state index in [0.717, 1.165) is 12.1 Å². The maximum Gasteiger partial charge on any atom is 0.150 e. The zero-order valence-electron chi connectivity index (χ0n) is 8.47. The summed E-state index contributed by atoms with van der Waals surface area (Å²) in [5, 5.41) is 10.0. The van der Waals surface area contributed by atoms with Crippen molar-refractivity contribution in [1.82, 2.24) is 0 Å². The van der Waals surface area contributed by atoms with Crippen molar-refractivity contribution in [3.05, 3.63) is 34.4 Å². The van der Waals surface area contributed by atoms with Crippen LogP contribution in [0.2, 0.25) is 5.02 Å². The summed E-state index contributed by atoms with van der Waals surface area (Å²) in [6.07, 6.45) is 0.336. The highest BCUT2D eigenvalue weighted by atomic mass is 35.5. The van der Waals surface area contributed by atoms with E-state index in [1.165, 1.54) is 0 Å². The van der Waals surface area contributed by atoms with Crippen LogP contribution in [-0.2, 0) is 10.3 Å². The molecule has 0 spiro atoms. The number of halogens is 3. The number of aliphatic hydroxyl groups is 1. The average Bonchev–Trinajstić information content (AvgIpc) is 2.25. The molecule has 0 unspecified atom stereocenters. The molecule has 1 aliphatic heterocycles. The second-order valence-electron chi connectivity index (χ2n) is 3.86. The molecule has 1 fully saturated rings. The van der Waals surface area contributed by atoms with E-state index < -0.39 is 17.2 Å². The highest BCUT2D eigenvalue weighted by Crippen LogP contribution is 2.37. The Kier molecular flexibility index (Phi) is 3.15. The molecular formula is C11H11ClF2O2. The van der Waals surface area contributed by atoms with E-state index in [4.69, 9.17) is 16.3 Å². The molecule has 1 saturated heterocycles. The zero-order valence-corrected chi connectivity index (χ0v) is 9.23. The molecule has 0 radical (unpaired) electrons. The molecule has 0 aliphatic carbocycles. The fourth-order valence-electron chi connectivity index (χ4n) is 1.91. The van der Waals surface area contributed by atoms with Crippen molar-refractivity contribution < 1.29 is 18.6 Å². The SMILES string of the molecule is OC1(c2c(F)ccc(Cl)c2F)CCOCC1. The first-order valence-electron chi connectivity index (χ1n) is 4.99. The lowest BCUT2D eigenvalue weighted by molar-refractivity contribution is -0.0717. The molecule has 0 atom stereocenters. The Bertz CT molecular complexity index is 403. The van der Waals surface area contributed by atoms with Gasteiger partial charge in [0.1, 0.15) is 5.82 Å². The first-order chi connectivity index (χ1) is 7.54. The van der Waals surface area contributed by atoms with Crippen LogP contribution < -0.4 is 0 Å². The topological polar surface area (TPSA) is 29.5 Å². The molecule has 0 saturated carbocycles. The Balaban J connectivity index is 2.49. The molecular weight excluding hydrogens is 238 g/mol. The van der Waals surface area contributed by atoms with Crippen LogP contribution in [0.3, 0.4) is 0 Å². The number of ether oxygens (including phenoxy) is 1. The molecule has 1 aliphatic rings. The summed E-state index contributed by atoms with van der Waals surface area (Å²) in [5.74, 6) is -1.66. The first-order valence-corrected chi connectivity index (χ1v) is 5.36. The van der Waals surface area contributed by atoms with Gasteiger partial charge in [-0.1, -0.05) is 11.6 Å². The molecule has 1 heterocycles. The van der Waals surface area contributed by atoms with Crippen molar-refractivity contribution >= 4 is 11.6 Å². The number of rotatable bonds is 1. The van der Waals surface area contributed by atoms with Crippen molar-refractivity contribution in [2.75, 3.05) is 13.2 Å². The van der Waals surface area contributed by atoms with Crippen molar-refractivity contribution in [1.29, 1.82) is 0 Å². The van der Waals surface area contributed by atoms with Gasteiger partial charge in [-0.25, -0.2) is 8.78 Å². The van der Waals surface area contributed by atoms with Crippen molar-refractivity contribution in [3.8, 4) is 0 Å². The summed E-state index contributed by atoms with van der Waals surface area (Å²) in [6, 6.07) is 2.20.